The van der Waals surface area contributed by atoms with Crippen molar-refractivity contribution in [1.82, 2.24) is 29.8 Å². The molecule has 3 aromatic heterocycles. The van der Waals surface area contributed by atoms with Gasteiger partial charge in [-0.25, -0.2) is 13.9 Å². The van der Waals surface area contributed by atoms with E-state index in [0.29, 0.717) is 32.4 Å². The molecule has 2 N–H and O–H groups in total. The van der Waals surface area contributed by atoms with Gasteiger partial charge in [0.05, 0.1) is 17.4 Å². The van der Waals surface area contributed by atoms with Gasteiger partial charge in [0.1, 0.15) is 22.3 Å². The molecule has 1 fully saturated rings. The topological polar surface area (TPSA) is 98.6 Å². The van der Waals surface area contributed by atoms with E-state index < -0.39 is 40.5 Å². The van der Waals surface area contributed by atoms with Gasteiger partial charge in [0.15, 0.2) is 5.82 Å². The number of aromatic nitrogens is 4. The molecule has 9 nitrogen and oxygen atoms in total. The van der Waals surface area contributed by atoms with Crippen molar-refractivity contribution in [3.8, 4) is 0 Å². The van der Waals surface area contributed by atoms with E-state index in [1.165, 1.54) is 31.3 Å². The summed E-state index contributed by atoms with van der Waals surface area (Å²) in [6.07, 6.45) is -4.24. The molecule has 0 aliphatic carbocycles. The summed E-state index contributed by atoms with van der Waals surface area (Å²) in [6.45, 7) is 1.91. The van der Waals surface area contributed by atoms with E-state index in [0.717, 1.165) is 4.52 Å². The van der Waals surface area contributed by atoms with Crippen LogP contribution in [0.4, 0.5) is 27.6 Å². The molecule has 1 aliphatic heterocycles. The molecule has 1 aliphatic rings. The van der Waals surface area contributed by atoms with Crippen molar-refractivity contribution in [3.05, 3.63) is 69.4 Å². The molecule has 1 aromatic carbocycles. The number of amides is 1. The molecular formula is C23H20F5N7O2. The van der Waals surface area contributed by atoms with Crippen molar-refractivity contribution < 1.29 is 26.7 Å². The highest BCUT2D eigenvalue weighted by atomic mass is 19.4. The van der Waals surface area contributed by atoms with Crippen LogP contribution in [0.2, 0.25) is 0 Å². The van der Waals surface area contributed by atoms with Gasteiger partial charge in [-0.3, -0.25) is 14.5 Å². The van der Waals surface area contributed by atoms with Gasteiger partial charge < -0.3 is 15.2 Å². The monoisotopic (exact) mass is 521 g/mol. The predicted molar refractivity (Wildman–Crippen MR) is 123 cm³/mol. The quantitative estimate of drug-likeness (QED) is 0.317. The van der Waals surface area contributed by atoms with Crippen LogP contribution in [0.1, 0.15) is 21.6 Å². The van der Waals surface area contributed by atoms with Gasteiger partial charge in [0.2, 0.25) is 5.95 Å². The Morgan fingerprint density at radius 3 is 2.49 bits per heavy atom. The zero-order chi connectivity index (χ0) is 26.5. The first-order valence-electron chi connectivity index (χ1n) is 11.2. The van der Waals surface area contributed by atoms with E-state index >= 15 is 4.39 Å². The minimum absolute atomic E-state index is 0.000606. The SMILES string of the molecule is CNC(=O)c1ccc(N2CCN(Cc3ccc4c([nH]c(=O)c5c(C(F)(F)F)cnn54)c3F)CC2)c(F)n1. The summed E-state index contributed by atoms with van der Waals surface area (Å²) in [5.74, 6) is -2.02. The normalized spacial score (nSPS) is 15.0. The average molecular weight is 521 g/mol. The number of hydrogen-bond acceptors (Lipinski definition) is 6. The van der Waals surface area contributed by atoms with Crippen molar-refractivity contribution in [1.29, 1.82) is 0 Å². The Labute approximate surface area is 205 Å². The zero-order valence-corrected chi connectivity index (χ0v) is 19.4. The molecule has 0 bridgehead atoms. The molecule has 14 heteroatoms. The lowest BCUT2D eigenvalue weighted by atomic mass is 10.1. The van der Waals surface area contributed by atoms with E-state index in [4.69, 9.17) is 0 Å². The van der Waals surface area contributed by atoms with Crippen LogP contribution >= 0.6 is 0 Å². The minimum atomic E-state index is -4.78. The molecule has 0 unspecified atom stereocenters. The van der Waals surface area contributed by atoms with Crippen LogP contribution < -0.4 is 15.8 Å². The summed E-state index contributed by atoms with van der Waals surface area (Å²) < 4.78 is 70.3. The fourth-order valence-corrected chi connectivity index (χ4v) is 4.46. The third-order valence-corrected chi connectivity index (χ3v) is 6.35. The summed E-state index contributed by atoms with van der Waals surface area (Å²) in [5, 5.41) is 6.04. The number of aromatic amines is 1. The molecule has 1 amide bonds. The van der Waals surface area contributed by atoms with Gasteiger partial charge in [0.25, 0.3) is 11.5 Å². The number of rotatable bonds is 4. The lowest BCUT2D eigenvalue weighted by Gasteiger charge is -2.36. The number of halogens is 5. The standard InChI is InChI=1S/C23H20F5N7O2/c1-29-21(36)14-3-5-16(20(25)31-14)34-8-6-33(7-9-34)11-12-2-4-15-18(17(12)24)32-22(37)19-13(23(26,27)28)10-30-35(15)19/h2-5,10H,6-9,11H2,1H3,(H,29,36)(H,32,37). The average Bonchev–Trinajstić information content (AvgIpc) is 3.33. The van der Waals surface area contributed by atoms with Gasteiger partial charge >= 0.3 is 6.18 Å². The first kappa shape index (κ1) is 24.6. The number of carbonyl (C=O) groups excluding carboxylic acids is 1. The third-order valence-electron chi connectivity index (χ3n) is 6.35. The predicted octanol–water partition coefficient (Wildman–Crippen LogP) is 2.55. The van der Waals surface area contributed by atoms with Crippen LogP contribution in [-0.2, 0) is 12.7 Å². The number of alkyl halides is 3. The van der Waals surface area contributed by atoms with Crippen molar-refractivity contribution in [3.63, 3.8) is 0 Å². The molecule has 4 heterocycles. The fourth-order valence-electron chi connectivity index (χ4n) is 4.46. The molecule has 0 atom stereocenters. The number of benzene rings is 1. The van der Waals surface area contributed by atoms with E-state index in [-0.39, 0.29) is 34.5 Å². The summed E-state index contributed by atoms with van der Waals surface area (Å²) in [7, 11) is 1.42. The summed E-state index contributed by atoms with van der Waals surface area (Å²) in [4.78, 5) is 33.7. The molecule has 0 saturated carbocycles. The Kier molecular flexibility index (Phi) is 6.06. The molecule has 5 rings (SSSR count). The smallest absolute Gasteiger partial charge is 0.365 e. The first-order valence-corrected chi connectivity index (χ1v) is 11.2. The van der Waals surface area contributed by atoms with Crippen LogP contribution in [0.25, 0.3) is 16.6 Å². The number of hydrogen-bond donors (Lipinski definition) is 2. The van der Waals surface area contributed by atoms with Crippen molar-refractivity contribution in [2.45, 2.75) is 12.7 Å². The molecule has 1 saturated heterocycles. The number of piperazine rings is 1. The maximum absolute atomic E-state index is 15.3. The number of anilines is 1. The molecule has 0 spiro atoms. The second-order valence-electron chi connectivity index (χ2n) is 8.55. The van der Waals surface area contributed by atoms with Crippen molar-refractivity contribution in [2.24, 2.45) is 0 Å². The van der Waals surface area contributed by atoms with Crippen LogP contribution in [-0.4, -0.2) is 63.6 Å². The van der Waals surface area contributed by atoms with Gasteiger partial charge in [-0.05, 0) is 18.2 Å². The van der Waals surface area contributed by atoms with Gasteiger partial charge in [-0.15, -0.1) is 0 Å². The lowest BCUT2D eigenvalue weighted by molar-refractivity contribution is -0.136. The van der Waals surface area contributed by atoms with Crippen LogP contribution in [0.15, 0.2) is 35.3 Å². The molecule has 0 radical (unpaired) electrons. The van der Waals surface area contributed by atoms with E-state index in [1.807, 2.05) is 4.90 Å². The zero-order valence-electron chi connectivity index (χ0n) is 19.4. The summed E-state index contributed by atoms with van der Waals surface area (Å²) in [5.41, 5.74) is -2.78. The molecule has 37 heavy (non-hydrogen) atoms. The highest BCUT2D eigenvalue weighted by Gasteiger charge is 2.36. The van der Waals surface area contributed by atoms with Crippen molar-refractivity contribution >= 4 is 28.1 Å². The van der Waals surface area contributed by atoms with Crippen LogP contribution in [0, 0.1) is 11.8 Å². The molecule has 4 aromatic rings. The fraction of sp³-hybridized carbons (Fsp3) is 0.304. The Balaban J connectivity index is 1.35. The third kappa shape index (κ3) is 4.37. The Hall–Kier alpha value is -4.07. The maximum Gasteiger partial charge on any atom is 0.420 e. The van der Waals surface area contributed by atoms with E-state index in [1.54, 1.807) is 4.90 Å². The minimum Gasteiger partial charge on any atom is -0.365 e. The second kappa shape index (κ2) is 9.10. The van der Waals surface area contributed by atoms with Crippen LogP contribution in [0.3, 0.4) is 0 Å². The number of fused-ring (bicyclic) bond motifs is 3. The maximum atomic E-state index is 15.3. The van der Waals surface area contributed by atoms with Gasteiger partial charge in [-0.1, -0.05) is 6.07 Å². The molecular weight excluding hydrogens is 501 g/mol. The summed E-state index contributed by atoms with van der Waals surface area (Å²) >= 11 is 0. The van der Waals surface area contributed by atoms with Gasteiger partial charge in [-0.2, -0.15) is 22.7 Å². The number of pyridine rings is 1. The highest BCUT2D eigenvalue weighted by Crippen LogP contribution is 2.32. The largest absolute Gasteiger partial charge is 0.420 e. The first-order chi connectivity index (χ1) is 17.6. The van der Waals surface area contributed by atoms with E-state index in [2.05, 4.69) is 20.4 Å². The second-order valence-corrected chi connectivity index (χ2v) is 8.55. The number of H-pyrrole nitrogens is 1. The van der Waals surface area contributed by atoms with Crippen LogP contribution in [0.5, 0.6) is 0 Å². The lowest BCUT2D eigenvalue weighted by Crippen LogP contribution is -2.46. The Morgan fingerprint density at radius 2 is 1.84 bits per heavy atom. The molecule has 194 valence electrons. The van der Waals surface area contributed by atoms with Gasteiger partial charge in [0, 0.05) is 45.3 Å². The highest BCUT2D eigenvalue weighted by molar-refractivity contribution is 5.92. The summed E-state index contributed by atoms with van der Waals surface area (Å²) in [6, 6.07) is 5.78. The number of nitrogens with zero attached hydrogens (tertiary/aromatic N) is 5. The number of nitrogens with one attached hydrogen (secondary N) is 2. The number of carbonyl (C=O) groups is 1. The Morgan fingerprint density at radius 1 is 1.11 bits per heavy atom. The van der Waals surface area contributed by atoms with Crippen molar-refractivity contribution in [2.75, 3.05) is 38.1 Å². The van der Waals surface area contributed by atoms with E-state index in [9.17, 15) is 27.2 Å². The Bertz CT molecular complexity index is 1570.